The van der Waals surface area contributed by atoms with E-state index in [0.29, 0.717) is 5.92 Å². The highest BCUT2D eigenvalue weighted by Crippen LogP contribution is 2.28. The molecular formula is C16H23N3O. The molecule has 1 heterocycles. The van der Waals surface area contributed by atoms with Crippen molar-refractivity contribution in [2.75, 3.05) is 24.2 Å². The molecular weight excluding hydrogens is 250 g/mol. The first-order valence-electron chi connectivity index (χ1n) is 7.11. The number of aliphatic hydroxyl groups is 1. The van der Waals surface area contributed by atoms with E-state index in [1.807, 2.05) is 25.3 Å². The van der Waals surface area contributed by atoms with Gasteiger partial charge in [0, 0.05) is 47.2 Å². The summed E-state index contributed by atoms with van der Waals surface area (Å²) < 4.78 is 0. The number of hydrogen-bond acceptors (Lipinski definition) is 4. The zero-order valence-corrected chi connectivity index (χ0v) is 12.2. The number of aromatic nitrogens is 1. The second-order valence-corrected chi connectivity index (χ2v) is 5.43. The average molecular weight is 273 g/mol. The molecule has 0 radical (unpaired) electrons. The molecule has 4 N–H and O–H groups in total. The lowest BCUT2D eigenvalue weighted by Gasteiger charge is -2.13. The number of nitrogens with two attached hydrogens (primary N) is 1. The molecule has 0 bridgehead atoms. The fourth-order valence-corrected chi connectivity index (χ4v) is 2.28. The SMILES string of the molecule is Cc1cc2c(NCCCC(C)CO)ccc(N)c2cn1. The summed E-state index contributed by atoms with van der Waals surface area (Å²) in [5, 5.41) is 14.6. The van der Waals surface area contributed by atoms with Crippen LogP contribution in [0.5, 0.6) is 0 Å². The van der Waals surface area contributed by atoms with E-state index in [1.165, 1.54) is 0 Å². The molecule has 2 aromatic rings. The number of fused-ring (bicyclic) bond motifs is 1. The Balaban J connectivity index is 2.10. The molecule has 4 nitrogen and oxygen atoms in total. The zero-order valence-electron chi connectivity index (χ0n) is 12.2. The van der Waals surface area contributed by atoms with Gasteiger partial charge in [0.1, 0.15) is 0 Å². The van der Waals surface area contributed by atoms with Crippen LogP contribution in [-0.2, 0) is 0 Å². The summed E-state index contributed by atoms with van der Waals surface area (Å²) in [6.07, 6.45) is 3.90. The van der Waals surface area contributed by atoms with E-state index in [1.54, 1.807) is 0 Å². The number of nitrogens with zero attached hydrogens (tertiary/aromatic N) is 1. The lowest BCUT2D eigenvalue weighted by molar-refractivity contribution is 0.229. The molecule has 0 aliphatic rings. The molecule has 20 heavy (non-hydrogen) atoms. The number of aryl methyl sites for hydroxylation is 1. The Hall–Kier alpha value is -1.81. The van der Waals surface area contributed by atoms with Gasteiger partial charge < -0.3 is 16.2 Å². The molecule has 1 aromatic heterocycles. The van der Waals surface area contributed by atoms with Crippen molar-refractivity contribution in [2.24, 2.45) is 5.92 Å². The minimum absolute atomic E-state index is 0.260. The first-order chi connectivity index (χ1) is 9.61. The van der Waals surface area contributed by atoms with E-state index in [-0.39, 0.29) is 6.61 Å². The van der Waals surface area contributed by atoms with Crippen molar-refractivity contribution in [3.63, 3.8) is 0 Å². The predicted octanol–water partition coefficient (Wildman–Crippen LogP) is 2.95. The molecule has 0 amide bonds. The van der Waals surface area contributed by atoms with E-state index in [2.05, 4.69) is 23.3 Å². The number of nitrogens with one attached hydrogen (secondary N) is 1. The van der Waals surface area contributed by atoms with Gasteiger partial charge in [0.15, 0.2) is 0 Å². The maximum Gasteiger partial charge on any atom is 0.0456 e. The quantitative estimate of drug-likeness (QED) is 0.559. The van der Waals surface area contributed by atoms with Gasteiger partial charge in [-0.1, -0.05) is 6.92 Å². The topological polar surface area (TPSA) is 71.2 Å². The lowest BCUT2D eigenvalue weighted by atomic mass is 10.1. The fraction of sp³-hybridized carbons (Fsp3) is 0.438. The Morgan fingerprint density at radius 3 is 2.90 bits per heavy atom. The first kappa shape index (κ1) is 14.6. The van der Waals surface area contributed by atoms with Crippen molar-refractivity contribution in [1.82, 2.24) is 4.98 Å². The molecule has 108 valence electrons. The first-order valence-corrected chi connectivity index (χ1v) is 7.11. The summed E-state index contributed by atoms with van der Waals surface area (Å²) in [7, 11) is 0. The summed E-state index contributed by atoms with van der Waals surface area (Å²) in [5.41, 5.74) is 8.83. The number of anilines is 2. The second kappa shape index (κ2) is 6.57. The van der Waals surface area contributed by atoms with Crippen LogP contribution in [0.1, 0.15) is 25.5 Å². The highest BCUT2D eigenvalue weighted by molar-refractivity contribution is 6.00. The molecule has 1 aromatic carbocycles. The average Bonchev–Trinajstić information content (AvgIpc) is 2.45. The Morgan fingerprint density at radius 2 is 2.15 bits per heavy atom. The third-order valence-electron chi connectivity index (χ3n) is 3.57. The molecule has 4 heteroatoms. The van der Waals surface area contributed by atoms with Gasteiger partial charge in [-0.3, -0.25) is 4.98 Å². The molecule has 2 rings (SSSR count). The lowest BCUT2D eigenvalue weighted by Crippen LogP contribution is -2.07. The molecule has 0 aliphatic heterocycles. The Bertz CT molecular complexity index is 583. The second-order valence-electron chi connectivity index (χ2n) is 5.43. The number of hydrogen-bond donors (Lipinski definition) is 3. The van der Waals surface area contributed by atoms with Crippen molar-refractivity contribution in [3.8, 4) is 0 Å². The van der Waals surface area contributed by atoms with Crippen molar-refractivity contribution >= 4 is 22.1 Å². The monoisotopic (exact) mass is 273 g/mol. The highest BCUT2D eigenvalue weighted by Gasteiger charge is 2.05. The summed E-state index contributed by atoms with van der Waals surface area (Å²) in [6.45, 7) is 5.20. The van der Waals surface area contributed by atoms with Gasteiger partial charge in [0.2, 0.25) is 0 Å². The number of nitrogen functional groups attached to an aromatic ring is 1. The van der Waals surface area contributed by atoms with Crippen LogP contribution in [0.15, 0.2) is 24.4 Å². The molecule has 0 spiro atoms. The van der Waals surface area contributed by atoms with Gasteiger partial charge in [-0.2, -0.15) is 0 Å². The minimum atomic E-state index is 0.260. The maximum absolute atomic E-state index is 9.01. The van der Waals surface area contributed by atoms with Crippen LogP contribution in [0.4, 0.5) is 11.4 Å². The standard InChI is InChI=1S/C16H23N3O/c1-11(10-20)4-3-7-18-16-6-5-15(17)14-9-19-12(2)8-13(14)16/h5-6,8-9,11,18,20H,3-4,7,10,17H2,1-2H3. The normalized spacial score (nSPS) is 12.6. The maximum atomic E-state index is 9.01. The molecule has 0 saturated heterocycles. The van der Waals surface area contributed by atoms with Crippen LogP contribution in [0.2, 0.25) is 0 Å². The van der Waals surface area contributed by atoms with Crippen molar-refractivity contribution < 1.29 is 5.11 Å². The van der Waals surface area contributed by atoms with E-state index in [9.17, 15) is 0 Å². The van der Waals surface area contributed by atoms with Crippen LogP contribution in [0.25, 0.3) is 10.8 Å². The van der Waals surface area contributed by atoms with Gasteiger partial charge in [-0.25, -0.2) is 0 Å². The van der Waals surface area contributed by atoms with Crippen LogP contribution in [0, 0.1) is 12.8 Å². The fourth-order valence-electron chi connectivity index (χ4n) is 2.28. The van der Waals surface area contributed by atoms with Crippen molar-refractivity contribution in [3.05, 3.63) is 30.1 Å². The van der Waals surface area contributed by atoms with Crippen LogP contribution >= 0.6 is 0 Å². The van der Waals surface area contributed by atoms with Crippen LogP contribution < -0.4 is 11.1 Å². The summed E-state index contributed by atoms with van der Waals surface area (Å²) in [6, 6.07) is 6.00. The Morgan fingerprint density at radius 1 is 1.35 bits per heavy atom. The van der Waals surface area contributed by atoms with Crippen molar-refractivity contribution in [2.45, 2.75) is 26.7 Å². The largest absolute Gasteiger partial charge is 0.398 e. The molecule has 1 atom stereocenters. The summed E-state index contributed by atoms with van der Waals surface area (Å²) in [4.78, 5) is 4.30. The number of pyridine rings is 1. The van der Waals surface area contributed by atoms with Crippen molar-refractivity contribution in [1.29, 1.82) is 0 Å². The number of aliphatic hydroxyl groups excluding tert-OH is 1. The smallest absolute Gasteiger partial charge is 0.0456 e. The predicted molar refractivity (Wildman–Crippen MR) is 84.9 cm³/mol. The van der Waals surface area contributed by atoms with Crippen LogP contribution in [0.3, 0.4) is 0 Å². The van der Waals surface area contributed by atoms with Gasteiger partial charge in [-0.15, -0.1) is 0 Å². The van der Waals surface area contributed by atoms with E-state index >= 15 is 0 Å². The number of rotatable bonds is 6. The minimum Gasteiger partial charge on any atom is -0.398 e. The molecule has 0 saturated carbocycles. The third kappa shape index (κ3) is 3.39. The van der Waals surface area contributed by atoms with Gasteiger partial charge in [0.05, 0.1) is 0 Å². The molecule has 0 aliphatic carbocycles. The Labute approximate surface area is 120 Å². The zero-order chi connectivity index (χ0) is 14.5. The van der Waals surface area contributed by atoms with Gasteiger partial charge in [0.25, 0.3) is 0 Å². The highest BCUT2D eigenvalue weighted by atomic mass is 16.3. The molecule has 1 unspecified atom stereocenters. The Kier molecular flexibility index (Phi) is 4.79. The van der Waals surface area contributed by atoms with Crippen LogP contribution in [-0.4, -0.2) is 23.2 Å². The van der Waals surface area contributed by atoms with Gasteiger partial charge in [-0.05, 0) is 43.9 Å². The van der Waals surface area contributed by atoms with Gasteiger partial charge >= 0.3 is 0 Å². The third-order valence-corrected chi connectivity index (χ3v) is 3.57. The van der Waals surface area contributed by atoms with E-state index < -0.39 is 0 Å². The number of benzene rings is 1. The van der Waals surface area contributed by atoms with E-state index in [0.717, 1.165) is 47.2 Å². The molecule has 0 fully saturated rings. The summed E-state index contributed by atoms with van der Waals surface area (Å²) in [5.74, 6) is 0.367. The van der Waals surface area contributed by atoms with E-state index in [4.69, 9.17) is 10.8 Å². The summed E-state index contributed by atoms with van der Waals surface area (Å²) >= 11 is 0.